The van der Waals surface area contributed by atoms with E-state index in [2.05, 4.69) is 9.80 Å². The molecule has 3 rings (SSSR count). The van der Waals surface area contributed by atoms with Gasteiger partial charge in [0, 0.05) is 49.7 Å². The van der Waals surface area contributed by atoms with Gasteiger partial charge in [-0.25, -0.2) is 4.39 Å². The first-order chi connectivity index (χ1) is 13.5. The normalized spacial score (nSPS) is 14.8. The van der Waals surface area contributed by atoms with Gasteiger partial charge in [-0.2, -0.15) is 0 Å². The average Bonchev–Trinajstić information content (AvgIpc) is 2.70. The number of hydrogen-bond acceptors (Lipinski definition) is 4. The first-order valence-corrected chi connectivity index (χ1v) is 9.62. The van der Waals surface area contributed by atoms with Crippen molar-refractivity contribution in [1.82, 2.24) is 4.90 Å². The van der Waals surface area contributed by atoms with Crippen molar-refractivity contribution in [2.24, 2.45) is 0 Å². The maximum Gasteiger partial charge on any atom is 0.241 e. The fourth-order valence-corrected chi connectivity index (χ4v) is 3.47. The second kappa shape index (κ2) is 8.97. The molecule has 0 saturated carbocycles. The van der Waals surface area contributed by atoms with Crippen LogP contribution in [0.1, 0.15) is 24.2 Å². The van der Waals surface area contributed by atoms with Crippen LogP contribution in [-0.2, 0) is 4.79 Å². The van der Waals surface area contributed by atoms with E-state index in [9.17, 15) is 14.0 Å². The molecule has 1 aliphatic rings. The third-order valence-corrected chi connectivity index (χ3v) is 5.13. The Morgan fingerprint density at radius 3 is 2.11 bits per heavy atom. The molecule has 2 aromatic rings. The average molecular weight is 383 g/mol. The lowest BCUT2D eigenvalue weighted by Gasteiger charge is -2.36. The van der Waals surface area contributed by atoms with E-state index in [1.807, 2.05) is 31.2 Å². The zero-order valence-electron chi connectivity index (χ0n) is 16.4. The zero-order chi connectivity index (χ0) is 20.1. The summed E-state index contributed by atoms with van der Waals surface area (Å²) < 4.78 is 13.1. The summed E-state index contributed by atoms with van der Waals surface area (Å²) in [5, 5.41) is 0. The second-order valence-electron chi connectivity index (χ2n) is 6.98. The molecule has 148 valence electrons. The zero-order valence-corrected chi connectivity index (χ0v) is 16.4. The van der Waals surface area contributed by atoms with Gasteiger partial charge in [0.2, 0.25) is 5.91 Å². The minimum atomic E-state index is -0.306. The Labute approximate surface area is 165 Å². The highest BCUT2D eigenvalue weighted by molar-refractivity contribution is 5.95. The van der Waals surface area contributed by atoms with E-state index >= 15 is 0 Å². The van der Waals surface area contributed by atoms with Crippen LogP contribution in [0.15, 0.2) is 48.5 Å². The molecule has 0 aliphatic carbocycles. The van der Waals surface area contributed by atoms with Gasteiger partial charge in [0.25, 0.3) is 0 Å². The van der Waals surface area contributed by atoms with E-state index in [4.69, 9.17) is 0 Å². The molecular weight excluding hydrogens is 357 g/mol. The fraction of sp³-hybridized carbons (Fsp3) is 0.364. The molecule has 1 fully saturated rings. The van der Waals surface area contributed by atoms with Crippen molar-refractivity contribution in [2.45, 2.75) is 13.8 Å². The van der Waals surface area contributed by atoms with Crippen LogP contribution in [0.3, 0.4) is 0 Å². The highest BCUT2D eigenvalue weighted by atomic mass is 19.1. The summed E-state index contributed by atoms with van der Waals surface area (Å²) in [6, 6.07) is 13.7. The highest BCUT2D eigenvalue weighted by Crippen LogP contribution is 2.19. The van der Waals surface area contributed by atoms with Crippen LogP contribution < -0.4 is 9.80 Å². The molecule has 0 spiro atoms. The van der Waals surface area contributed by atoms with Gasteiger partial charge in [0.15, 0.2) is 5.78 Å². The number of nitrogens with zero attached hydrogens (tertiary/aromatic N) is 3. The van der Waals surface area contributed by atoms with Crippen molar-refractivity contribution in [3.8, 4) is 0 Å². The van der Waals surface area contributed by atoms with Crippen LogP contribution in [0.4, 0.5) is 15.8 Å². The number of likely N-dealkylation sites (N-methyl/N-ethyl adjacent to an activating group) is 1. The minimum Gasteiger partial charge on any atom is -0.369 e. The summed E-state index contributed by atoms with van der Waals surface area (Å²) in [4.78, 5) is 30.2. The molecular formula is C22H26FN3O2. The number of benzene rings is 2. The molecule has 6 heteroatoms. The Morgan fingerprint density at radius 2 is 1.57 bits per heavy atom. The van der Waals surface area contributed by atoms with Gasteiger partial charge in [-0.3, -0.25) is 14.5 Å². The van der Waals surface area contributed by atoms with Crippen LogP contribution in [0.2, 0.25) is 0 Å². The number of Topliss-reactive ketones (excluding diaryl/α,β-unsaturated/α-hetero) is 1. The predicted octanol–water partition coefficient (Wildman–Crippen LogP) is 3.20. The first-order valence-electron chi connectivity index (χ1n) is 9.62. The first kappa shape index (κ1) is 20.0. The summed E-state index contributed by atoms with van der Waals surface area (Å²) in [6.07, 6.45) is 0. The lowest BCUT2D eigenvalue weighted by Crippen LogP contribution is -2.50. The van der Waals surface area contributed by atoms with E-state index in [1.54, 1.807) is 24.0 Å². The minimum absolute atomic E-state index is 0.0216. The number of amides is 1. The maximum absolute atomic E-state index is 13.1. The predicted molar refractivity (Wildman–Crippen MR) is 110 cm³/mol. The Hall–Kier alpha value is -2.73. The Morgan fingerprint density at radius 1 is 0.964 bits per heavy atom. The van der Waals surface area contributed by atoms with Gasteiger partial charge in [-0.05, 0) is 62.4 Å². The largest absolute Gasteiger partial charge is 0.369 e. The lowest BCUT2D eigenvalue weighted by molar-refractivity contribution is -0.119. The number of hydrogen-bond donors (Lipinski definition) is 0. The molecule has 0 radical (unpaired) electrons. The topological polar surface area (TPSA) is 43.9 Å². The van der Waals surface area contributed by atoms with E-state index in [0.29, 0.717) is 18.7 Å². The quantitative estimate of drug-likeness (QED) is 0.719. The van der Waals surface area contributed by atoms with Crippen molar-refractivity contribution in [2.75, 3.05) is 49.1 Å². The molecule has 1 saturated heterocycles. The summed E-state index contributed by atoms with van der Waals surface area (Å²) in [7, 11) is 0. The molecule has 0 aromatic heterocycles. The van der Waals surface area contributed by atoms with E-state index in [-0.39, 0.29) is 17.5 Å². The van der Waals surface area contributed by atoms with Gasteiger partial charge in [0.05, 0.1) is 6.54 Å². The SMILES string of the molecule is CCN(C(=O)CN1CCN(c2ccc(C(C)=O)cc2)CC1)c1ccc(F)cc1. The second-order valence-corrected chi connectivity index (χ2v) is 6.98. The van der Waals surface area contributed by atoms with Gasteiger partial charge in [-0.1, -0.05) is 0 Å². The summed E-state index contributed by atoms with van der Waals surface area (Å²) in [6.45, 7) is 7.63. The third kappa shape index (κ3) is 4.75. The van der Waals surface area contributed by atoms with Gasteiger partial charge in [-0.15, -0.1) is 0 Å². The lowest BCUT2D eigenvalue weighted by atomic mass is 10.1. The van der Waals surface area contributed by atoms with Crippen molar-refractivity contribution in [3.63, 3.8) is 0 Å². The van der Waals surface area contributed by atoms with E-state index in [1.165, 1.54) is 12.1 Å². The highest BCUT2D eigenvalue weighted by Gasteiger charge is 2.22. The number of carbonyl (C=O) groups excluding carboxylic acids is 2. The van der Waals surface area contributed by atoms with Gasteiger partial charge in [0.1, 0.15) is 5.82 Å². The van der Waals surface area contributed by atoms with Crippen molar-refractivity contribution in [3.05, 3.63) is 59.9 Å². The summed E-state index contributed by atoms with van der Waals surface area (Å²) in [5.41, 5.74) is 2.53. The number of ketones is 1. The summed E-state index contributed by atoms with van der Waals surface area (Å²) >= 11 is 0. The molecule has 0 N–H and O–H groups in total. The standard InChI is InChI=1S/C22H26FN3O2/c1-3-26(21-10-6-19(23)7-11-21)22(28)16-24-12-14-25(15-13-24)20-8-4-18(5-9-20)17(2)27/h4-11H,3,12-16H2,1-2H3. The van der Waals surface area contributed by atoms with Crippen LogP contribution in [-0.4, -0.2) is 55.9 Å². The molecule has 28 heavy (non-hydrogen) atoms. The number of anilines is 2. The molecule has 5 nitrogen and oxygen atoms in total. The van der Waals surface area contributed by atoms with Gasteiger partial charge >= 0.3 is 0 Å². The van der Waals surface area contributed by atoms with Gasteiger partial charge < -0.3 is 9.80 Å². The van der Waals surface area contributed by atoms with Crippen LogP contribution in [0.5, 0.6) is 0 Å². The Kier molecular flexibility index (Phi) is 6.41. The molecule has 0 bridgehead atoms. The number of piperazine rings is 1. The summed E-state index contributed by atoms with van der Waals surface area (Å²) in [5.74, 6) is -0.218. The Balaban J connectivity index is 1.55. The molecule has 1 aliphatic heterocycles. The van der Waals surface area contributed by atoms with Crippen molar-refractivity contribution >= 4 is 23.1 Å². The fourth-order valence-electron chi connectivity index (χ4n) is 3.47. The maximum atomic E-state index is 13.1. The monoisotopic (exact) mass is 383 g/mol. The van der Waals surface area contributed by atoms with Crippen molar-refractivity contribution < 1.29 is 14.0 Å². The number of halogens is 1. The van der Waals surface area contributed by atoms with Crippen LogP contribution in [0, 0.1) is 5.82 Å². The smallest absolute Gasteiger partial charge is 0.241 e. The Bertz CT molecular complexity index is 813. The molecule has 0 atom stereocenters. The molecule has 1 amide bonds. The number of rotatable bonds is 6. The van der Waals surface area contributed by atoms with Crippen LogP contribution >= 0.6 is 0 Å². The van der Waals surface area contributed by atoms with E-state index in [0.717, 1.165) is 37.6 Å². The molecule has 0 unspecified atom stereocenters. The van der Waals surface area contributed by atoms with Crippen molar-refractivity contribution in [1.29, 1.82) is 0 Å². The van der Waals surface area contributed by atoms with Crippen LogP contribution in [0.25, 0.3) is 0 Å². The molecule has 2 aromatic carbocycles. The number of carbonyl (C=O) groups is 2. The molecule has 1 heterocycles. The third-order valence-electron chi connectivity index (χ3n) is 5.13. The van der Waals surface area contributed by atoms with E-state index < -0.39 is 0 Å².